The highest BCUT2D eigenvalue weighted by atomic mass is 16.5. The molecule has 0 aliphatic carbocycles. The van der Waals surface area contributed by atoms with E-state index in [9.17, 15) is 9.90 Å². The van der Waals surface area contributed by atoms with Crippen molar-refractivity contribution in [2.45, 2.75) is 58.5 Å². The van der Waals surface area contributed by atoms with Gasteiger partial charge in [0, 0.05) is 39.1 Å². The van der Waals surface area contributed by atoms with E-state index in [0.29, 0.717) is 44.6 Å². The summed E-state index contributed by atoms with van der Waals surface area (Å²) in [6.07, 6.45) is 4.43. The molecule has 5 heteroatoms. The van der Waals surface area contributed by atoms with Gasteiger partial charge in [0.2, 0.25) is 0 Å². The molecule has 3 N–H and O–H groups in total. The van der Waals surface area contributed by atoms with Gasteiger partial charge in [-0.2, -0.15) is 0 Å². The first kappa shape index (κ1) is 17.2. The van der Waals surface area contributed by atoms with Crippen molar-refractivity contribution in [2.75, 3.05) is 26.3 Å². The van der Waals surface area contributed by atoms with Crippen LogP contribution < -0.4 is 10.6 Å². The number of amides is 2. The largest absolute Gasteiger partial charge is 0.388 e. The van der Waals surface area contributed by atoms with Gasteiger partial charge in [0.05, 0.1) is 5.60 Å². The minimum Gasteiger partial charge on any atom is -0.388 e. The maximum atomic E-state index is 11.6. The second-order valence-electron chi connectivity index (χ2n) is 6.96. The third kappa shape index (κ3) is 7.70. The van der Waals surface area contributed by atoms with E-state index in [1.807, 2.05) is 0 Å². The van der Waals surface area contributed by atoms with Crippen LogP contribution in [0.1, 0.15) is 52.9 Å². The molecule has 5 nitrogen and oxygen atoms in total. The average Bonchev–Trinajstić information content (AvgIpc) is 2.36. The van der Waals surface area contributed by atoms with Gasteiger partial charge in [0.15, 0.2) is 0 Å². The Balaban J connectivity index is 2.05. The number of carbonyl (C=O) groups is 1. The molecular weight excluding hydrogens is 256 g/mol. The predicted molar refractivity (Wildman–Crippen MR) is 79.7 cm³/mol. The zero-order chi connectivity index (χ0) is 15.1. The summed E-state index contributed by atoms with van der Waals surface area (Å²) in [4.78, 5) is 11.6. The van der Waals surface area contributed by atoms with E-state index in [1.165, 1.54) is 0 Å². The molecule has 0 aromatic carbocycles. The summed E-state index contributed by atoms with van der Waals surface area (Å²) in [7, 11) is 0. The number of rotatable bonds is 6. The number of urea groups is 1. The molecule has 0 saturated carbocycles. The van der Waals surface area contributed by atoms with E-state index >= 15 is 0 Å². The topological polar surface area (TPSA) is 70.6 Å². The van der Waals surface area contributed by atoms with Gasteiger partial charge in [-0.25, -0.2) is 4.79 Å². The van der Waals surface area contributed by atoms with Crippen molar-refractivity contribution < 1.29 is 14.6 Å². The van der Waals surface area contributed by atoms with Gasteiger partial charge in [-0.3, -0.25) is 0 Å². The monoisotopic (exact) mass is 286 g/mol. The number of hydrogen-bond donors (Lipinski definition) is 3. The first-order valence-corrected chi connectivity index (χ1v) is 7.63. The highest BCUT2D eigenvalue weighted by Gasteiger charge is 2.29. The van der Waals surface area contributed by atoms with Gasteiger partial charge in [-0.15, -0.1) is 0 Å². The number of hydrogen-bond acceptors (Lipinski definition) is 3. The smallest absolute Gasteiger partial charge is 0.314 e. The third-order valence-corrected chi connectivity index (χ3v) is 3.64. The Labute approximate surface area is 122 Å². The van der Waals surface area contributed by atoms with Gasteiger partial charge < -0.3 is 20.5 Å². The van der Waals surface area contributed by atoms with Gasteiger partial charge >= 0.3 is 6.03 Å². The van der Waals surface area contributed by atoms with Crippen molar-refractivity contribution >= 4 is 6.03 Å². The number of nitrogens with one attached hydrogen (secondary N) is 2. The first-order chi connectivity index (χ1) is 9.31. The Morgan fingerprint density at radius 2 is 1.85 bits per heavy atom. The van der Waals surface area contributed by atoms with Crippen LogP contribution in [0.5, 0.6) is 0 Å². The molecule has 1 aliphatic rings. The van der Waals surface area contributed by atoms with Crippen LogP contribution in [0.4, 0.5) is 4.79 Å². The third-order valence-electron chi connectivity index (χ3n) is 3.64. The number of unbranched alkanes of at least 4 members (excludes halogenated alkanes) is 1. The van der Waals surface area contributed by atoms with Crippen LogP contribution in [0.2, 0.25) is 0 Å². The normalized spacial score (nSPS) is 18.6. The Kier molecular flexibility index (Phi) is 6.76. The van der Waals surface area contributed by atoms with Crippen molar-refractivity contribution in [3.05, 3.63) is 0 Å². The number of aliphatic hydroxyl groups is 1. The summed E-state index contributed by atoms with van der Waals surface area (Å²) in [5.74, 6) is 0. The highest BCUT2D eigenvalue weighted by molar-refractivity contribution is 5.73. The van der Waals surface area contributed by atoms with Gasteiger partial charge in [-0.1, -0.05) is 27.2 Å². The van der Waals surface area contributed by atoms with Crippen LogP contribution in [-0.4, -0.2) is 43.0 Å². The lowest BCUT2D eigenvalue weighted by atomic mass is 9.90. The fourth-order valence-electron chi connectivity index (χ4n) is 2.22. The molecule has 0 unspecified atom stereocenters. The Bertz CT molecular complexity index is 294. The maximum absolute atomic E-state index is 11.6. The highest BCUT2D eigenvalue weighted by Crippen LogP contribution is 2.21. The summed E-state index contributed by atoms with van der Waals surface area (Å²) in [6, 6.07) is -0.194. The molecule has 1 heterocycles. The molecule has 0 aromatic rings. The van der Waals surface area contributed by atoms with Crippen LogP contribution >= 0.6 is 0 Å². The standard InChI is InChI=1S/C15H30N2O3/c1-14(2,3)6-4-5-9-16-13(18)17-12-15(19)7-10-20-11-8-15/h19H,4-12H2,1-3H3,(H2,16,17,18). The molecule has 1 fully saturated rings. The summed E-state index contributed by atoms with van der Waals surface area (Å²) >= 11 is 0. The zero-order valence-corrected chi connectivity index (χ0v) is 13.1. The van der Waals surface area contributed by atoms with E-state index in [0.717, 1.165) is 19.3 Å². The minimum atomic E-state index is -0.804. The van der Waals surface area contributed by atoms with Crippen molar-refractivity contribution in [1.29, 1.82) is 0 Å². The van der Waals surface area contributed by atoms with Crippen LogP contribution in [0.15, 0.2) is 0 Å². The Morgan fingerprint density at radius 1 is 1.20 bits per heavy atom. The SMILES string of the molecule is CC(C)(C)CCCCNC(=O)NCC1(O)CCOCC1. The molecule has 0 spiro atoms. The quantitative estimate of drug-likeness (QED) is 0.654. The zero-order valence-electron chi connectivity index (χ0n) is 13.1. The fraction of sp³-hybridized carbons (Fsp3) is 0.933. The first-order valence-electron chi connectivity index (χ1n) is 7.63. The van der Waals surface area contributed by atoms with Crippen molar-refractivity contribution in [2.24, 2.45) is 5.41 Å². The molecule has 1 aliphatic heterocycles. The van der Waals surface area contributed by atoms with E-state index in [4.69, 9.17) is 4.74 Å². The predicted octanol–water partition coefficient (Wildman–Crippen LogP) is 2.04. The molecule has 2 amide bonds. The van der Waals surface area contributed by atoms with E-state index in [-0.39, 0.29) is 6.03 Å². The molecule has 1 rings (SSSR count). The van der Waals surface area contributed by atoms with Crippen LogP contribution in [0, 0.1) is 5.41 Å². The molecular formula is C15H30N2O3. The number of ether oxygens (including phenoxy) is 1. The lowest BCUT2D eigenvalue weighted by Crippen LogP contribution is -2.49. The summed E-state index contributed by atoms with van der Waals surface area (Å²) in [5.41, 5.74) is -0.448. The summed E-state index contributed by atoms with van der Waals surface area (Å²) in [6.45, 7) is 8.78. The molecule has 20 heavy (non-hydrogen) atoms. The Hall–Kier alpha value is -0.810. The molecule has 0 atom stereocenters. The van der Waals surface area contributed by atoms with Crippen LogP contribution in [0.3, 0.4) is 0 Å². The maximum Gasteiger partial charge on any atom is 0.314 e. The molecule has 1 saturated heterocycles. The lowest BCUT2D eigenvalue weighted by Gasteiger charge is -2.32. The van der Waals surface area contributed by atoms with E-state index < -0.39 is 5.60 Å². The van der Waals surface area contributed by atoms with Gasteiger partial charge in [0.1, 0.15) is 0 Å². The average molecular weight is 286 g/mol. The minimum absolute atomic E-state index is 0.194. The second kappa shape index (κ2) is 7.84. The van der Waals surface area contributed by atoms with Crippen molar-refractivity contribution in [1.82, 2.24) is 10.6 Å². The van der Waals surface area contributed by atoms with Crippen LogP contribution in [-0.2, 0) is 4.74 Å². The fourth-order valence-corrected chi connectivity index (χ4v) is 2.22. The van der Waals surface area contributed by atoms with Gasteiger partial charge in [-0.05, 0) is 18.3 Å². The molecule has 118 valence electrons. The van der Waals surface area contributed by atoms with Crippen LogP contribution in [0.25, 0.3) is 0 Å². The Morgan fingerprint density at radius 3 is 2.45 bits per heavy atom. The summed E-state index contributed by atoms with van der Waals surface area (Å²) in [5, 5.41) is 15.8. The van der Waals surface area contributed by atoms with Gasteiger partial charge in [0.25, 0.3) is 0 Å². The summed E-state index contributed by atoms with van der Waals surface area (Å²) < 4.78 is 5.20. The van der Waals surface area contributed by atoms with Crippen molar-refractivity contribution in [3.8, 4) is 0 Å². The molecule has 0 radical (unpaired) electrons. The second-order valence-corrected chi connectivity index (χ2v) is 6.96. The lowest BCUT2D eigenvalue weighted by molar-refractivity contribution is -0.0600. The van der Waals surface area contributed by atoms with Crippen molar-refractivity contribution in [3.63, 3.8) is 0 Å². The van der Waals surface area contributed by atoms with E-state index in [2.05, 4.69) is 31.4 Å². The number of carbonyl (C=O) groups excluding carboxylic acids is 1. The van der Waals surface area contributed by atoms with E-state index in [1.54, 1.807) is 0 Å². The molecule has 0 bridgehead atoms. The molecule has 0 aromatic heterocycles.